The van der Waals surface area contributed by atoms with Crippen molar-refractivity contribution in [2.24, 2.45) is 0 Å². The Bertz CT molecular complexity index is 159. The van der Waals surface area contributed by atoms with Crippen molar-refractivity contribution in [1.82, 2.24) is 0 Å². The van der Waals surface area contributed by atoms with Crippen LogP contribution in [0.5, 0.6) is 0 Å². The molecule has 0 radical (unpaired) electrons. The summed E-state index contributed by atoms with van der Waals surface area (Å²) in [6.07, 6.45) is 8.33. The molecule has 0 aromatic carbocycles. The van der Waals surface area contributed by atoms with Crippen molar-refractivity contribution in [3.63, 3.8) is 0 Å². The third kappa shape index (κ3) is 4.87. The number of rotatable bonds is 6. The van der Waals surface area contributed by atoms with Gasteiger partial charge < -0.3 is 4.74 Å². The molecular weight excluding hydrogens is 200 g/mol. The minimum absolute atomic E-state index is 0.416. The van der Waals surface area contributed by atoms with Crippen molar-refractivity contribution in [1.29, 1.82) is 0 Å². The summed E-state index contributed by atoms with van der Waals surface area (Å²) in [6, 6.07) is 0. The maximum Gasteiger partial charge on any atom is 0.220 e. The second-order valence-corrected chi connectivity index (χ2v) is 5.13. The van der Waals surface area contributed by atoms with E-state index in [-0.39, 0.29) is 0 Å². The average Bonchev–Trinajstić information content (AvgIpc) is 2.51. The van der Waals surface area contributed by atoms with Gasteiger partial charge in [-0.2, -0.15) is 0 Å². The number of ether oxygens (including phenoxy) is 1. The Hall–Kier alpha value is 0.240. The topological polar surface area (TPSA) is 9.23 Å². The third-order valence-corrected chi connectivity index (χ3v) is 3.60. The molecule has 1 aliphatic heterocycles. The lowest BCUT2D eigenvalue weighted by atomic mass is 10.1. The van der Waals surface area contributed by atoms with Crippen LogP contribution in [0.25, 0.3) is 0 Å². The number of thioether (sulfide) groups is 1. The van der Waals surface area contributed by atoms with Gasteiger partial charge in [0.25, 0.3) is 0 Å². The molecule has 1 aliphatic rings. The SMILES string of the molecule is CCCCCCCC1CSC(=S)O1. The summed E-state index contributed by atoms with van der Waals surface area (Å²) in [7, 11) is 0. The number of thiocarbonyl (C=S) groups is 1. The summed E-state index contributed by atoms with van der Waals surface area (Å²) >= 11 is 6.64. The molecule has 1 fully saturated rings. The number of hydrogen-bond acceptors (Lipinski definition) is 3. The predicted molar refractivity (Wildman–Crippen MR) is 63.3 cm³/mol. The molecule has 0 bridgehead atoms. The summed E-state index contributed by atoms with van der Waals surface area (Å²) < 4.78 is 6.21. The number of unbranched alkanes of at least 4 members (excludes halogenated alkanes) is 4. The van der Waals surface area contributed by atoms with Gasteiger partial charge in [-0.15, -0.1) is 0 Å². The first-order chi connectivity index (χ1) is 6.33. The van der Waals surface area contributed by atoms with E-state index >= 15 is 0 Å². The van der Waals surface area contributed by atoms with Crippen molar-refractivity contribution in [2.45, 2.75) is 51.6 Å². The normalized spacial score (nSPS) is 21.9. The molecule has 0 amide bonds. The average molecular weight is 218 g/mol. The highest BCUT2D eigenvalue weighted by Gasteiger charge is 2.20. The Morgan fingerprint density at radius 3 is 2.77 bits per heavy atom. The van der Waals surface area contributed by atoms with E-state index in [1.165, 1.54) is 38.5 Å². The quantitative estimate of drug-likeness (QED) is 0.496. The monoisotopic (exact) mass is 218 g/mol. The van der Waals surface area contributed by atoms with Gasteiger partial charge in [0.1, 0.15) is 6.10 Å². The highest BCUT2D eigenvalue weighted by Crippen LogP contribution is 2.23. The molecule has 1 heterocycles. The lowest BCUT2D eigenvalue weighted by Gasteiger charge is -2.07. The van der Waals surface area contributed by atoms with Gasteiger partial charge in [-0.3, -0.25) is 0 Å². The summed E-state index contributed by atoms with van der Waals surface area (Å²) in [5, 5.41) is 0. The van der Waals surface area contributed by atoms with Gasteiger partial charge in [-0.05, 0) is 25.1 Å². The van der Waals surface area contributed by atoms with E-state index in [1.807, 2.05) is 0 Å². The van der Waals surface area contributed by atoms with Crippen LogP contribution in [0.15, 0.2) is 0 Å². The molecule has 0 aliphatic carbocycles. The second kappa shape index (κ2) is 6.66. The largest absolute Gasteiger partial charge is 0.474 e. The molecule has 1 nitrogen and oxygen atoms in total. The van der Waals surface area contributed by atoms with Gasteiger partial charge in [0.2, 0.25) is 4.38 Å². The molecule has 1 saturated heterocycles. The molecule has 0 aromatic heterocycles. The molecule has 0 saturated carbocycles. The van der Waals surface area contributed by atoms with Crippen LogP contribution >= 0.6 is 24.0 Å². The fourth-order valence-electron chi connectivity index (χ4n) is 1.48. The molecule has 3 heteroatoms. The smallest absolute Gasteiger partial charge is 0.220 e. The summed E-state index contributed by atoms with van der Waals surface area (Å²) in [5.74, 6) is 1.08. The van der Waals surface area contributed by atoms with Crippen LogP contribution in [0, 0.1) is 0 Å². The van der Waals surface area contributed by atoms with Crippen molar-refractivity contribution >= 4 is 28.4 Å². The first-order valence-corrected chi connectivity index (χ1v) is 6.55. The van der Waals surface area contributed by atoms with Gasteiger partial charge >= 0.3 is 0 Å². The molecule has 0 spiro atoms. The van der Waals surface area contributed by atoms with Gasteiger partial charge in [0.05, 0.1) is 0 Å². The zero-order valence-corrected chi connectivity index (χ0v) is 9.88. The van der Waals surface area contributed by atoms with E-state index in [2.05, 4.69) is 6.92 Å². The Kier molecular flexibility index (Phi) is 5.80. The van der Waals surface area contributed by atoms with Gasteiger partial charge in [-0.1, -0.05) is 44.4 Å². The highest BCUT2D eigenvalue weighted by molar-refractivity contribution is 8.22. The minimum atomic E-state index is 0.416. The zero-order valence-electron chi connectivity index (χ0n) is 8.25. The fourth-order valence-corrected chi connectivity index (χ4v) is 2.58. The van der Waals surface area contributed by atoms with Crippen molar-refractivity contribution in [3.05, 3.63) is 0 Å². The lowest BCUT2D eigenvalue weighted by molar-refractivity contribution is 0.219. The summed E-state index contributed by atoms with van der Waals surface area (Å²) in [6.45, 7) is 2.25. The highest BCUT2D eigenvalue weighted by atomic mass is 32.2. The Balaban J connectivity index is 1.91. The molecule has 0 N–H and O–H groups in total. The van der Waals surface area contributed by atoms with Crippen LogP contribution in [-0.4, -0.2) is 16.2 Å². The van der Waals surface area contributed by atoms with Crippen LogP contribution in [0.1, 0.15) is 45.4 Å². The van der Waals surface area contributed by atoms with E-state index < -0.39 is 0 Å². The first-order valence-electron chi connectivity index (χ1n) is 5.16. The molecular formula is C10H18OS2. The van der Waals surface area contributed by atoms with Crippen LogP contribution in [0.3, 0.4) is 0 Å². The van der Waals surface area contributed by atoms with Gasteiger partial charge in [-0.25, -0.2) is 0 Å². The van der Waals surface area contributed by atoms with E-state index in [0.717, 1.165) is 10.1 Å². The standard InChI is InChI=1S/C10H18OS2/c1-2-3-4-5-6-7-9-8-13-10(12)11-9/h9H,2-8H2,1H3. The maximum atomic E-state index is 5.46. The van der Waals surface area contributed by atoms with Crippen LogP contribution in [-0.2, 0) is 4.74 Å². The predicted octanol–water partition coefficient (Wildman–Crippen LogP) is 3.76. The van der Waals surface area contributed by atoms with Crippen LogP contribution < -0.4 is 0 Å². The maximum absolute atomic E-state index is 5.46. The summed E-state index contributed by atoms with van der Waals surface area (Å²) in [4.78, 5) is 0. The Morgan fingerprint density at radius 2 is 2.15 bits per heavy atom. The number of hydrogen-bond donors (Lipinski definition) is 0. The molecule has 13 heavy (non-hydrogen) atoms. The van der Waals surface area contributed by atoms with E-state index in [9.17, 15) is 0 Å². The Labute approximate surface area is 90.6 Å². The van der Waals surface area contributed by atoms with Crippen molar-refractivity contribution < 1.29 is 4.74 Å². The third-order valence-electron chi connectivity index (χ3n) is 2.28. The van der Waals surface area contributed by atoms with Gasteiger partial charge in [0, 0.05) is 5.75 Å². The van der Waals surface area contributed by atoms with Crippen molar-refractivity contribution in [2.75, 3.05) is 5.75 Å². The molecule has 1 rings (SSSR count). The summed E-state index contributed by atoms with van der Waals surface area (Å²) in [5.41, 5.74) is 0. The van der Waals surface area contributed by atoms with E-state index in [0.29, 0.717) is 6.10 Å². The van der Waals surface area contributed by atoms with Gasteiger partial charge in [0.15, 0.2) is 0 Å². The Morgan fingerprint density at radius 1 is 1.38 bits per heavy atom. The van der Waals surface area contributed by atoms with Crippen LogP contribution in [0.2, 0.25) is 0 Å². The van der Waals surface area contributed by atoms with E-state index in [4.69, 9.17) is 17.0 Å². The molecule has 76 valence electrons. The van der Waals surface area contributed by atoms with Crippen molar-refractivity contribution in [3.8, 4) is 0 Å². The van der Waals surface area contributed by atoms with E-state index in [1.54, 1.807) is 11.8 Å². The zero-order chi connectivity index (χ0) is 9.52. The van der Waals surface area contributed by atoms with Crippen LogP contribution in [0.4, 0.5) is 0 Å². The fraction of sp³-hybridized carbons (Fsp3) is 0.900. The lowest BCUT2D eigenvalue weighted by Crippen LogP contribution is -2.08. The molecule has 1 unspecified atom stereocenters. The molecule has 0 aromatic rings. The second-order valence-electron chi connectivity index (χ2n) is 3.50. The first kappa shape index (κ1) is 11.3. The molecule has 1 atom stereocenters. The minimum Gasteiger partial charge on any atom is -0.474 e.